The van der Waals surface area contributed by atoms with Gasteiger partial charge in [0.1, 0.15) is 11.6 Å². The molecule has 0 atom stereocenters. The van der Waals surface area contributed by atoms with Crippen molar-refractivity contribution >= 4 is 0 Å². The molecule has 3 heterocycles. The molecule has 1 aliphatic heterocycles. The lowest BCUT2D eigenvalue weighted by Crippen LogP contribution is -2.35. The van der Waals surface area contributed by atoms with E-state index in [1.165, 1.54) is 0 Å². The number of aromatic amines is 1. The van der Waals surface area contributed by atoms with E-state index in [0.29, 0.717) is 36.6 Å². The van der Waals surface area contributed by atoms with Crippen molar-refractivity contribution < 1.29 is 5.11 Å². The van der Waals surface area contributed by atoms with Gasteiger partial charge in [-0.3, -0.25) is 14.7 Å². The number of H-pyrrole nitrogens is 1. The van der Waals surface area contributed by atoms with Crippen molar-refractivity contribution in [2.75, 3.05) is 6.54 Å². The van der Waals surface area contributed by atoms with Gasteiger partial charge in [-0.25, -0.2) is 4.98 Å². The molecule has 0 aliphatic carbocycles. The Bertz CT molecular complexity index is 998. The number of fused-ring (bicyclic) bond motifs is 1. The van der Waals surface area contributed by atoms with E-state index in [0.717, 1.165) is 28.9 Å². The number of nitrogens with zero attached hydrogens (tertiary/aromatic N) is 3. The monoisotopic (exact) mass is 348 g/mol. The summed E-state index contributed by atoms with van der Waals surface area (Å²) >= 11 is 0. The summed E-state index contributed by atoms with van der Waals surface area (Å²) in [5.41, 5.74) is 4.06. The smallest absolute Gasteiger partial charge is 0.255 e. The number of hydrogen-bond donors (Lipinski definition) is 2. The molecule has 6 nitrogen and oxygen atoms in total. The average molecular weight is 348 g/mol. The molecule has 6 heteroatoms. The maximum Gasteiger partial charge on any atom is 0.255 e. The summed E-state index contributed by atoms with van der Waals surface area (Å²) in [6.45, 7) is 3.83. The number of nitrogens with one attached hydrogen (secondary N) is 1. The first-order valence-electron chi connectivity index (χ1n) is 8.64. The molecule has 4 rings (SSSR count). The molecule has 0 radical (unpaired) electrons. The molecule has 0 saturated carbocycles. The van der Waals surface area contributed by atoms with E-state index in [2.05, 4.69) is 19.9 Å². The normalized spacial score (nSPS) is 14.2. The number of rotatable bonds is 3. The van der Waals surface area contributed by atoms with Crippen LogP contribution in [0.3, 0.4) is 0 Å². The van der Waals surface area contributed by atoms with Crippen molar-refractivity contribution in [2.24, 2.45) is 0 Å². The van der Waals surface area contributed by atoms with Crippen molar-refractivity contribution in [3.63, 3.8) is 0 Å². The molecule has 1 aliphatic rings. The number of aromatic nitrogens is 3. The highest BCUT2D eigenvalue weighted by molar-refractivity contribution is 5.54. The summed E-state index contributed by atoms with van der Waals surface area (Å²) in [6.07, 6.45) is 4.08. The molecule has 0 bridgehead atoms. The molecule has 26 heavy (non-hydrogen) atoms. The van der Waals surface area contributed by atoms with Crippen LogP contribution in [0.4, 0.5) is 0 Å². The number of para-hydroxylation sites is 1. The van der Waals surface area contributed by atoms with Gasteiger partial charge in [0, 0.05) is 49.6 Å². The van der Waals surface area contributed by atoms with Crippen LogP contribution in [0, 0.1) is 6.92 Å². The molecule has 0 spiro atoms. The number of phenols is 1. The van der Waals surface area contributed by atoms with E-state index >= 15 is 0 Å². The molecule has 0 unspecified atom stereocenters. The number of phenolic OH excluding ortho intramolecular Hbond substituents is 1. The minimum absolute atomic E-state index is 0.0972. The number of hydrogen-bond acceptors (Lipinski definition) is 5. The van der Waals surface area contributed by atoms with Gasteiger partial charge in [0.2, 0.25) is 0 Å². The fraction of sp³-hybridized carbons (Fsp3) is 0.250. The molecule has 2 aromatic heterocycles. The fourth-order valence-electron chi connectivity index (χ4n) is 3.35. The Morgan fingerprint density at radius 1 is 1.23 bits per heavy atom. The third-order valence-corrected chi connectivity index (χ3v) is 4.82. The lowest BCUT2D eigenvalue weighted by Gasteiger charge is -2.28. The fourth-order valence-corrected chi connectivity index (χ4v) is 3.35. The molecule has 132 valence electrons. The van der Waals surface area contributed by atoms with Crippen LogP contribution in [0.2, 0.25) is 0 Å². The van der Waals surface area contributed by atoms with Gasteiger partial charge in [0.25, 0.3) is 5.56 Å². The number of benzene rings is 1. The van der Waals surface area contributed by atoms with Gasteiger partial charge in [-0.1, -0.05) is 18.2 Å². The summed E-state index contributed by atoms with van der Waals surface area (Å²) in [5, 5.41) is 10.2. The Morgan fingerprint density at radius 3 is 2.85 bits per heavy atom. The van der Waals surface area contributed by atoms with Gasteiger partial charge in [-0.05, 0) is 24.6 Å². The van der Waals surface area contributed by atoms with E-state index < -0.39 is 0 Å². The van der Waals surface area contributed by atoms with Crippen LogP contribution in [0.1, 0.15) is 22.4 Å². The summed E-state index contributed by atoms with van der Waals surface area (Å²) in [4.78, 5) is 26.3. The molecule has 0 fully saturated rings. The maximum atomic E-state index is 12.6. The number of aryl methyl sites for hydroxylation is 1. The van der Waals surface area contributed by atoms with Crippen LogP contribution < -0.4 is 5.56 Å². The number of aromatic hydroxyl groups is 1. The molecule has 1 aromatic carbocycles. The Morgan fingerprint density at radius 2 is 2.04 bits per heavy atom. The lowest BCUT2D eigenvalue weighted by molar-refractivity contribution is 0.238. The Balaban J connectivity index is 1.60. The largest absolute Gasteiger partial charge is 0.507 e. The third kappa shape index (κ3) is 3.11. The van der Waals surface area contributed by atoms with Gasteiger partial charge in [0.15, 0.2) is 0 Å². The van der Waals surface area contributed by atoms with Gasteiger partial charge in [0.05, 0.1) is 11.3 Å². The van der Waals surface area contributed by atoms with Crippen LogP contribution in [0.5, 0.6) is 5.75 Å². The zero-order valence-electron chi connectivity index (χ0n) is 14.6. The second-order valence-electron chi connectivity index (χ2n) is 6.62. The quantitative estimate of drug-likeness (QED) is 0.759. The Hall–Kier alpha value is -2.99. The molecular formula is C20H20N4O2. The van der Waals surface area contributed by atoms with Gasteiger partial charge < -0.3 is 10.1 Å². The zero-order chi connectivity index (χ0) is 18.1. The summed E-state index contributed by atoms with van der Waals surface area (Å²) in [7, 11) is 0. The SMILES string of the molecule is Cc1cccc(CN2CCc3nc(-c4ccncc4)[nH]c(=O)c3C2)c1O. The first-order chi connectivity index (χ1) is 12.6. The van der Waals surface area contributed by atoms with Crippen molar-refractivity contribution in [3.05, 3.63) is 75.5 Å². The van der Waals surface area contributed by atoms with E-state index in [1.54, 1.807) is 12.4 Å². The molecule has 2 N–H and O–H groups in total. The van der Waals surface area contributed by atoms with Crippen molar-refractivity contribution in [1.82, 2.24) is 19.9 Å². The van der Waals surface area contributed by atoms with Gasteiger partial charge in [-0.2, -0.15) is 0 Å². The van der Waals surface area contributed by atoms with E-state index in [-0.39, 0.29) is 5.56 Å². The van der Waals surface area contributed by atoms with Gasteiger partial charge >= 0.3 is 0 Å². The second-order valence-corrected chi connectivity index (χ2v) is 6.62. The van der Waals surface area contributed by atoms with E-state index in [1.807, 2.05) is 37.3 Å². The van der Waals surface area contributed by atoms with Crippen molar-refractivity contribution in [3.8, 4) is 17.1 Å². The minimum atomic E-state index is -0.0972. The topological polar surface area (TPSA) is 82.1 Å². The first kappa shape index (κ1) is 16.5. The van der Waals surface area contributed by atoms with Crippen LogP contribution in [0.15, 0.2) is 47.5 Å². The molecular weight excluding hydrogens is 328 g/mol. The zero-order valence-corrected chi connectivity index (χ0v) is 14.6. The van der Waals surface area contributed by atoms with Gasteiger partial charge in [-0.15, -0.1) is 0 Å². The van der Waals surface area contributed by atoms with Crippen LogP contribution in [0.25, 0.3) is 11.4 Å². The van der Waals surface area contributed by atoms with E-state index in [4.69, 9.17) is 0 Å². The van der Waals surface area contributed by atoms with E-state index in [9.17, 15) is 9.90 Å². The minimum Gasteiger partial charge on any atom is -0.507 e. The maximum absolute atomic E-state index is 12.6. The van der Waals surface area contributed by atoms with Crippen LogP contribution in [-0.2, 0) is 19.5 Å². The highest BCUT2D eigenvalue weighted by Crippen LogP contribution is 2.25. The first-order valence-corrected chi connectivity index (χ1v) is 8.64. The summed E-state index contributed by atoms with van der Waals surface area (Å²) in [6, 6.07) is 9.42. The number of pyridine rings is 1. The van der Waals surface area contributed by atoms with Crippen molar-refractivity contribution in [2.45, 2.75) is 26.4 Å². The second kappa shape index (κ2) is 6.72. The predicted molar refractivity (Wildman–Crippen MR) is 98.8 cm³/mol. The summed E-state index contributed by atoms with van der Waals surface area (Å²) < 4.78 is 0. The molecule has 3 aromatic rings. The average Bonchev–Trinajstić information content (AvgIpc) is 2.66. The summed E-state index contributed by atoms with van der Waals surface area (Å²) in [5.74, 6) is 0.916. The Labute approximate surface area is 151 Å². The standard InChI is InChI=1S/C20H20N4O2/c1-13-3-2-4-15(18(13)25)11-24-10-7-17-16(12-24)20(26)23-19(22-17)14-5-8-21-9-6-14/h2-6,8-9,25H,7,10-12H2,1H3,(H,22,23,26). The predicted octanol–water partition coefficient (Wildman–Crippen LogP) is 2.40. The van der Waals surface area contributed by atoms with Crippen LogP contribution in [-0.4, -0.2) is 31.5 Å². The highest BCUT2D eigenvalue weighted by Gasteiger charge is 2.22. The highest BCUT2D eigenvalue weighted by atomic mass is 16.3. The Kier molecular flexibility index (Phi) is 4.26. The lowest BCUT2D eigenvalue weighted by atomic mass is 10.0. The van der Waals surface area contributed by atoms with Crippen molar-refractivity contribution in [1.29, 1.82) is 0 Å². The van der Waals surface area contributed by atoms with Crippen LogP contribution >= 0.6 is 0 Å². The molecule has 0 amide bonds. The molecule has 0 saturated heterocycles. The third-order valence-electron chi connectivity index (χ3n) is 4.82.